The molecule has 17 heteroatoms. The Morgan fingerprint density at radius 2 is 1.31 bits per heavy atom. The van der Waals surface area contributed by atoms with Gasteiger partial charge in [-0.3, -0.25) is 0 Å². The first-order valence-electron chi connectivity index (χ1n) is 8.18. The second kappa shape index (κ2) is 7.36. The summed E-state index contributed by atoms with van der Waals surface area (Å²) in [6.07, 6.45) is -24.0. The van der Waals surface area contributed by atoms with Gasteiger partial charge < -0.3 is 14.6 Å². The minimum Gasteiger partial charge on any atom is -0.442 e. The highest BCUT2D eigenvalue weighted by atomic mass is 19.4. The van der Waals surface area contributed by atoms with E-state index in [1.165, 1.54) is 0 Å². The smallest absolute Gasteiger partial charge is 0.442 e. The van der Waals surface area contributed by atoms with Crippen LogP contribution in [0.3, 0.4) is 0 Å². The monoisotopic (exact) mass is 504 g/mol. The fourth-order valence-corrected chi connectivity index (χ4v) is 3.12. The van der Waals surface area contributed by atoms with Crippen molar-refractivity contribution < 1.29 is 76.5 Å². The molecule has 0 bridgehead atoms. The Morgan fingerprint density at radius 1 is 0.875 bits per heavy atom. The topological polar surface area (TPSA) is 55.8 Å². The highest BCUT2D eigenvalue weighted by Crippen LogP contribution is 2.67. The molecule has 4 nitrogen and oxygen atoms in total. The number of carbonyl (C=O) groups is 1. The number of aliphatic hydroxyl groups is 1. The molecule has 0 aromatic heterocycles. The standard InChI is InChI=1S/C15H13F13O4/c1-4-8(31-7(29)6(3)10(16,17)18)11(19,20)9(5-2,14(23,24)25)32-13(30,12(8,21)22)15(26,27)28/h30H,3-5H2,1-2H3. The number of esters is 1. The first-order valence-corrected chi connectivity index (χ1v) is 8.18. The van der Waals surface area contributed by atoms with Gasteiger partial charge in [-0.2, -0.15) is 57.1 Å². The van der Waals surface area contributed by atoms with Crippen LogP contribution < -0.4 is 0 Å². The van der Waals surface area contributed by atoms with Crippen molar-refractivity contribution in [3.8, 4) is 0 Å². The average Bonchev–Trinajstić information content (AvgIpc) is 2.58. The number of ether oxygens (including phenoxy) is 2. The predicted octanol–water partition coefficient (Wildman–Crippen LogP) is 5.06. The van der Waals surface area contributed by atoms with Crippen molar-refractivity contribution in [3.63, 3.8) is 0 Å². The van der Waals surface area contributed by atoms with Crippen molar-refractivity contribution >= 4 is 5.97 Å². The zero-order chi connectivity index (χ0) is 26.0. The molecule has 1 heterocycles. The van der Waals surface area contributed by atoms with Gasteiger partial charge in [-0.1, -0.05) is 20.4 Å². The molecule has 0 aliphatic carbocycles. The number of hydrogen-bond donors (Lipinski definition) is 1. The van der Waals surface area contributed by atoms with Crippen LogP contribution in [0, 0.1) is 0 Å². The Labute approximate surface area is 169 Å². The summed E-state index contributed by atoms with van der Waals surface area (Å²) in [5, 5.41) is 9.51. The van der Waals surface area contributed by atoms with Crippen LogP contribution in [-0.2, 0) is 14.3 Å². The number of carbonyl (C=O) groups excluding carboxylic acids is 1. The molecule has 1 N–H and O–H groups in total. The fourth-order valence-electron chi connectivity index (χ4n) is 3.12. The van der Waals surface area contributed by atoms with Crippen LogP contribution in [-0.4, -0.2) is 58.4 Å². The van der Waals surface area contributed by atoms with Crippen LogP contribution in [0.4, 0.5) is 57.1 Å². The van der Waals surface area contributed by atoms with E-state index in [9.17, 15) is 58.2 Å². The molecule has 1 fully saturated rings. The SMILES string of the molecule is C=C(C(=O)OC1(CC)C(F)(F)C(O)(C(F)(F)F)OC(CC)(C(F)(F)F)C1(F)F)C(F)(F)F. The van der Waals surface area contributed by atoms with Crippen LogP contribution in [0.2, 0.25) is 0 Å². The van der Waals surface area contributed by atoms with E-state index in [4.69, 9.17) is 0 Å². The summed E-state index contributed by atoms with van der Waals surface area (Å²) < 4.78 is 185. The fraction of sp³-hybridized carbons (Fsp3) is 0.800. The van der Waals surface area contributed by atoms with Crippen LogP contribution in [0.15, 0.2) is 12.2 Å². The third-order valence-corrected chi connectivity index (χ3v) is 4.96. The summed E-state index contributed by atoms with van der Waals surface area (Å²) in [6.45, 7) is 2.20. The van der Waals surface area contributed by atoms with Crippen LogP contribution >= 0.6 is 0 Å². The van der Waals surface area contributed by atoms with E-state index in [1.807, 2.05) is 6.58 Å². The molecule has 0 saturated carbocycles. The van der Waals surface area contributed by atoms with Gasteiger partial charge in [0.1, 0.15) is 5.57 Å². The molecule has 1 rings (SSSR count). The normalized spacial score (nSPS) is 33.0. The number of halogens is 13. The maximum Gasteiger partial charge on any atom is 0.449 e. The van der Waals surface area contributed by atoms with Gasteiger partial charge in [-0.15, -0.1) is 0 Å². The first kappa shape index (κ1) is 28.3. The lowest BCUT2D eigenvalue weighted by Crippen LogP contribution is -2.87. The van der Waals surface area contributed by atoms with Gasteiger partial charge in [0, 0.05) is 0 Å². The zero-order valence-corrected chi connectivity index (χ0v) is 15.7. The Morgan fingerprint density at radius 3 is 1.59 bits per heavy atom. The van der Waals surface area contributed by atoms with Gasteiger partial charge in [-0.05, 0) is 12.8 Å². The number of alkyl halides is 13. The first-order chi connectivity index (χ1) is 13.9. The van der Waals surface area contributed by atoms with E-state index < -0.39 is 71.7 Å². The van der Waals surface area contributed by atoms with Crippen molar-refractivity contribution in [2.45, 2.75) is 74.1 Å². The van der Waals surface area contributed by atoms with Gasteiger partial charge in [0.25, 0.3) is 0 Å². The van der Waals surface area contributed by atoms with E-state index in [0.29, 0.717) is 0 Å². The molecule has 0 aromatic carbocycles. The van der Waals surface area contributed by atoms with Gasteiger partial charge in [-0.25, -0.2) is 4.79 Å². The summed E-state index contributed by atoms with van der Waals surface area (Å²) in [7, 11) is 0. The molecule has 3 atom stereocenters. The van der Waals surface area contributed by atoms with Gasteiger partial charge in [0.05, 0.1) is 0 Å². The molecule has 1 aliphatic rings. The molecule has 188 valence electrons. The summed E-state index contributed by atoms with van der Waals surface area (Å²) in [5.41, 5.74) is -14.0. The molecule has 1 saturated heterocycles. The lowest BCUT2D eigenvalue weighted by molar-refractivity contribution is -0.558. The van der Waals surface area contributed by atoms with E-state index in [-0.39, 0.29) is 13.8 Å². The molecule has 1 aliphatic heterocycles. The Kier molecular flexibility index (Phi) is 6.50. The van der Waals surface area contributed by atoms with E-state index in [0.717, 1.165) is 0 Å². The summed E-state index contributed by atoms with van der Waals surface area (Å²) in [5.74, 6) is -22.6. The van der Waals surface area contributed by atoms with Crippen molar-refractivity contribution in [3.05, 3.63) is 12.2 Å². The highest BCUT2D eigenvalue weighted by molar-refractivity contribution is 5.89. The Balaban J connectivity index is 4.10. The second-order valence-corrected chi connectivity index (χ2v) is 6.62. The third kappa shape index (κ3) is 3.33. The maximum atomic E-state index is 15.1. The van der Waals surface area contributed by atoms with E-state index >= 15 is 8.78 Å². The molecule has 3 unspecified atom stereocenters. The number of rotatable bonds is 4. The molecule has 0 spiro atoms. The Hall–Kier alpha value is -1.78. The largest absolute Gasteiger partial charge is 0.449 e. The predicted molar refractivity (Wildman–Crippen MR) is 75.4 cm³/mol. The van der Waals surface area contributed by atoms with Crippen LogP contribution in [0.25, 0.3) is 0 Å². The van der Waals surface area contributed by atoms with Crippen molar-refractivity contribution in [1.82, 2.24) is 0 Å². The average molecular weight is 504 g/mol. The van der Waals surface area contributed by atoms with Crippen LogP contribution in [0.5, 0.6) is 0 Å². The van der Waals surface area contributed by atoms with Gasteiger partial charge in [0.2, 0.25) is 11.2 Å². The molecular formula is C15H13F13O4. The number of hydrogen-bond acceptors (Lipinski definition) is 4. The van der Waals surface area contributed by atoms with Crippen molar-refractivity contribution in [1.29, 1.82) is 0 Å². The molecule has 32 heavy (non-hydrogen) atoms. The molecular weight excluding hydrogens is 491 g/mol. The molecule has 0 aromatic rings. The summed E-state index contributed by atoms with van der Waals surface area (Å²) in [4.78, 5) is 11.6. The van der Waals surface area contributed by atoms with Crippen LogP contribution in [0.1, 0.15) is 26.7 Å². The van der Waals surface area contributed by atoms with Crippen molar-refractivity contribution in [2.75, 3.05) is 0 Å². The van der Waals surface area contributed by atoms with E-state index in [1.54, 1.807) is 0 Å². The second-order valence-electron chi connectivity index (χ2n) is 6.62. The van der Waals surface area contributed by atoms with E-state index in [2.05, 4.69) is 9.47 Å². The summed E-state index contributed by atoms with van der Waals surface area (Å²) >= 11 is 0. The third-order valence-electron chi connectivity index (χ3n) is 4.96. The van der Waals surface area contributed by atoms with Crippen molar-refractivity contribution in [2.24, 2.45) is 0 Å². The lowest BCUT2D eigenvalue weighted by Gasteiger charge is -2.60. The molecule has 0 amide bonds. The van der Waals surface area contributed by atoms with Gasteiger partial charge in [0.15, 0.2) is 0 Å². The lowest BCUT2D eigenvalue weighted by atomic mass is 9.69. The van der Waals surface area contributed by atoms with Gasteiger partial charge >= 0.3 is 42.1 Å². The highest BCUT2D eigenvalue weighted by Gasteiger charge is 2.96. The molecule has 0 radical (unpaired) electrons. The minimum atomic E-state index is -6.94. The summed E-state index contributed by atoms with van der Waals surface area (Å²) in [6, 6.07) is 0. The minimum absolute atomic E-state index is 0.0738. The quantitative estimate of drug-likeness (QED) is 0.331. The zero-order valence-electron chi connectivity index (χ0n) is 15.7. The maximum absolute atomic E-state index is 15.1. The Bertz CT molecular complexity index is 769.